The zero-order valence-electron chi connectivity index (χ0n) is 15.6. The van der Waals surface area contributed by atoms with Crippen LogP contribution in [-0.2, 0) is 18.3 Å². The van der Waals surface area contributed by atoms with Crippen LogP contribution in [0, 0.1) is 0 Å². The summed E-state index contributed by atoms with van der Waals surface area (Å²) < 4.78 is 7.15. The number of imidazole rings is 1. The van der Waals surface area contributed by atoms with Gasteiger partial charge in [0.05, 0.1) is 4.88 Å². The van der Waals surface area contributed by atoms with Gasteiger partial charge in [-0.2, -0.15) is 4.98 Å². The molecule has 29 heavy (non-hydrogen) atoms. The number of amides is 1. The first-order valence-electron chi connectivity index (χ1n) is 8.98. The highest BCUT2D eigenvalue weighted by Gasteiger charge is 2.21. The highest BCUT2D eigenvalue weighted by molar-refractivity contribution is 7.13. The Morgan fingerprint density at radius 2 is 2.14 bits per heavy atom. The summed E-state index contributed by atoms with van der Waals surface area (Å²) in [6.45, 7) is 0. The Labute approximate surface area is 176 Å². The van der Waals surface area contributed by atoms with E-state index in [1.165, 1.54) is 11.3 Å². The minimum atomic E-state index is -0.385. The third kappa shape index (κ3) is 4.55. The number of nitrogens with zero attached hydrogens (tertiary/aromatic N) is 4. The van der Waals surface area contributed by atoms with E-state index in [0.29, 0.717) is 23.2 Å². The topological polar surface area (TPSA) is 85.8 Å². The fourth-order valence-corrected chi connectivity index (χ4v) is 3.70. The predicted molar refractivity (Wildman–Crippen MR) is 111 cm³/mol. The molecule has 0 radical (unpaired) electrons. The summed E-state index contributed by atoms with van der Waals surface area (Å²) in [5, 5.41) is 9.61. The van der Waals surface area contributed by atoms with Crippen molar-refractivity contribution in [2.45, 2.75) is 18.9 Å². The van der Waals surface area contributed by atoms with Crippen molar-refractivity contribution in [1.29, 1.82) is 0 Å². The molecule has 0 unspecified atom stereocenters. The first kappa shape index (κ1) is 19.4. The molecule has 4 aromatic rings. The molecule has 0 bridgehead atoms. The third-order valence-corrected chi connectivity index (χ3v) is 5.52. The molecule has 1 N–H and O–H groups in total. The Hall–Kier alpha value is -2.97. The Balaban J connectivity index is 1.44. The van der Waals surface area contributed by atoms with E-state index in [1.54, 1.807) is 18.3 Å². The van der Waals surface area contributed by atoms with Crippen LogP contribution in [0.2, 0.25) is 5.02 Å². The van der Waals surface area contributed by atoms with Crippen molar-refractivity contribution in [3.05, 3.63) is 76.5 Å². The molecule has 3 aromatic heterocycles. The van der Waals surface area contributed by atoms with Gasteiger partial charge in [-0.15, -0.1) is 11.3 Å². The molecular formula is C20H18ClN5O2S. The Morgan fingerprint density at radius 3 is 2.83 bits per heavy atom. The summed E-state index contributed by atoms with van der Waals surface area (Å²) >= 11 is 7.54. The van der Waals surface area contributed by atoms with Gasteiger partial charge in [-0.25, -0.2) is 4.98 Å². The lowest BCUT2D eigenvalue weighted by atomic mass is 10.1. The quantitative estimate of drug-likeness (QED) is 0.481. The molecule has 0 aliphatic rings. The molecule has 1 aromatic carbocycles. The fourth-order valence-electron chi connectivity index (χ4n) is 2.92. The number of carbonyl (C=O) groups is 1. The predicted octanol–water partition coefficient (Wildman–Crippen LogP) is 4.02. The Kier molecular flexibility index (Phi) is 5.73. The number of halogens is 1. The van der Waals surface area contributed by atoms with Gasteiger partial charge in [0, 0.05) is 37.3 Å². The lowest BCUT2D eigenvalue weighted by molar-refractivity contribution is -0.121. The van der Waals surface area contributed by atoms with Crippen LogP contribution in [0.15, 0.2) is 58.7 Å². The van der Waals surface area contributed by atoms with Gasteiger partial charge >= 0.3 is 0 Å². The van der Waals surface area contributed by atoms with Gasteiger partial charge in [0.2, 0.25) is 17.6 Å². The molecule has 0 aliphatic carbocycles. The molecule has 0 fully saturated rings. The SMILES string of the molecule is Cn1ccnc1[C@@H](NC(=O)CCc1nc(-c2cccs2)no1)c1ccc(Cl)cc1. The van der Waals surface area contributed by atoms with Gasteiger partial charge in [0.1, 0.15) is 11.9 Å². The third-order valence-electron chi connectivity index (χ3n) is 4.40. The average Bonchev–Trinajstić information content (AvgIpc) is 3.47. The summed E-state index contributed by atoms with van der Waals surface area (Å²) in [4.78, 5) is 22.3. The highest BCUT2D eigenvalue weighted by atomic mass is 35.5. The molecule has 0 aliphatic heterocycles. The minimum Gasteiger partial charge on any atom is -0.342 e. The molecule has 1 atom stereocenters. The van der Waals surface area contributed by atoms with E-state index in [0.717, 1.165) is 16.3 Å². The van der Waals surface area contributed by atoms with Crippen molar-refractivity contribution in [3.8, 4) is 10.7 Å². The maximum absolute atomic E-state index is 12.6. The molecular weight excluding hydrogens is 410 g/mol. The number of benzene rings is 1. The van der Waals surface area contributed by atoms with E-state index in [1.807, 2.05) is 47.5 Å². The zero-order chi connectivity index (χ0) is 20.2. The van der Waals surface area contributed by atoms with Crippen molar-refractivity contribution in [3.63, 3.8) is 0 Å². The Morgan fingerprint density at radius 1 is 1.31 bits per heavy atom. The summed E-state index contributed by atoms with van der Waals surface area (Å²) in [5.41, 5.74) is 0.898. The van der Waals surface area contributed by atoms with Gasteiger partial charge in [-0.1, -0.05) is 35.0 Å². The number of carbonyl (C=O) groups excluding carboxylic acids is 1. The number of aromatic nitrogens is 4. The van der Waals surface area contributed by atoms with Crippen LogP contribution in [0.3, 0.4) is 0 Å². The van der Waals surface area contributed by atoms with Crippen molar-refractivity contribution in [2.24, 2.45) is 7.05 Å². The first-order valence-corrected chi connectivity index (χ1v) is 10.2. The van der Waals surface area contributed by atoms with E-state index in [2.05, 4.69) is 20.4 Å². The van der Waals surface area contributed by atoms with Gasteiger partial charge in [-0.05, 0) is 29.1 Å². The molecule has 0 saturated heterocycles. The van der Waals surface area contributed by atoms with Crippen LogP contribution in [0.25, 0.3) is 10.7 Å². The number of thiophene rings is 1. The highest BCUT2D eigenvalue weighted by Crippen LogP contribution is 2.23. The second-order valence-electron chi connectivity index (χ2n) is 6.44. The van der Waals surface area contributed by atoms with E-state index in [-0.39, 0.29) is 18.4 Å². The molecule has 148 valence electrons. The smallest absolute Gasteiger partial charge is 0.227 e. The lowest BCUT2D eigenvalue weighted by Gasteiger charge is -2.19. The molecule has 0 spiro atoms. The van der Waals surface area contributed by atoms with Crippen molar-refractivity contribution in [2.75, 3.05) is 0 Å². The van der Waals surface area contributed by atoms with Crippen LogP contribution in [-0.4, -0.2) is 25.6 Å². The maximum atomic E-state index is 12.6. The monoisotopic (exact) mass is 427 g/mol. The molecule has 4 rings (SSSR count). The number of hydrogen-bond acceptors (Lipinski definition) is 6. The lowest BCUT2D eigenvalue weighted by Crippen LogP contribution is -2.31. The standard InChI is InChI=1S/C20H18ClN5O2S/c1-26-11-10-22-20(26)18(13-4-6-14(21)7-5-13)23-16(27)8-9-17-24-19(25-28-17)15-3-2-12-29-15/h2-7,10-12,18H,8-9H2,1H3,(H,23,27)/t18-/m0/s1. The van der Waals surface area contributed by atoms with Crippen LogP contribution in [0.5, 0.6) is 0 Å². The number of aryl methyl sites for hydroxylation is 2. The molecule has 1 amide bonds. The van der Waals surface area contributed by atoms with Crippen LogP contribution in [0.4, 0.5) is 0 Å². The minimum absolute atomic E-state index is 0.135. The van der Waals surface area contributed by atoms with E-state index >= 15 is 0 Å². The van der Waals surface area contributed by atoms with Crippen molar-refractivity contribution < 1.29 is 9.32 Å². The molecule has 7 nitrogen and oxygen atoms in total. The van der Waals surface area contributed by atoms with E-state index in [9.17, 15) is 4.79 Å². The van der Waals surface area contributed by atoms with E-state index < -0.39 is 0 Å². The van der Waals surface area contributed by atoms with Crippen molar-refractivity contribution >= 4 is 28.8 Å². The average molecular weight is 428 g/mol. The number of rotatable bonds is 7. The normalized spacial score (nSPS) is 12.1. The van der Waals surface area contributed by atoms with Gasteiger partial charge in [0.15, 0.2) is 0 Å². The van der Waals surface area contributed by atoms with Crippen LogP contribution >= 0.6 is 22.9 Å². The summed E-state index contributed by atoms with van der Waals surface area (Å²) in [6.07, 6.45) is 4.13. The molecule has 0 saturated carbocycles. The van der Waals surface area contributed by atoms with Crippen molar-refractivity contribution in [1.82, 2.24) is 25.0 Å². The van der Waals surface area contributed by atoms with Gasteiger partial charge in [-0.3, -0.25) is 4.79 Å². The summed E-state index contributed by atoms with van der Waals surface area (Å²) in [6, 6.07) is 10.8. The Bertz CT molecular complexity index is 1090. The first-order chi connectivity index (χ1) is 14.1. The molecule has 3 heterocycles. The van der Waals surface area contributed by atoms with E-state index in [4.69, 9.17) is 16.1 Å². The number of hydrogen-bond donors (Lipinski definition) is 1. The van der Waals surface area contributed by atoms with Gasteiger partial charge in [0.25, 0.3) is 0 Å². The largest absolute Gasteiger partial charge is 0.342 e. The van der Waals surface area contributed by atoms with Gasteiger partial charge < -0.3 is 14.4 Å². The number of nitrogens with one attached hydrogen (secondary N) is 1. The fraction of sp³-hybridized carbons (Fsp3) is 0.200. The van der Waals surface area contributed by atoms with Crippen LogP contribution < -0.4 is 5.32 Å². The summed E-state index contributed by atoms with van der Waals surface area (Å²) in [5.74, 6) is 1.58. The zero-order valence-corrected chi connectivity index (χ0v) is 17.2. The second kappa shape index (κ2) is 8.59. The van der Waals surface area contributed by atoms with Crippen LogP contribution in [0.1, 0.15) is 29.7 Å². The second-order valence-corrected chi connectivity index (χ2v) is 7.82. The molecule has 9 heteroatoms. The maximum Gasteiger partial charge on any atom is 0.227 e. The summed E-state index contributed by atoms with van der Waals surface area (Å²) in [7, 11) is 1.89.